The Balaban J connectivity index is 3.16. The number of benzene rings is 1. The molecule has 0 aliphatic heterocycles. The van der Waals surface area contributed by atoms with Gasteiger partial charge in [-0.15, -0.1) is 0 Å². The lowest BCUT2D eigenvalue weighted by Crippen LogP contribution is -2.16. The van der Waals surface area contributed by atoms with E-state index in [-0.39, 0.29) is 17.7 Å². The largest absolute Gasteiger partial charge is 0.478 e. The van der Waals surface area contributed by atoms with Crippen molar-refractivity contribution in [2.75, 3.05) is 6.61 Å². The lowest BCUT2D eigenvalue weighted by molar-refractivity contribution is 0.0514. The summed E-state index contributed by atoms with van der Waals surface area (Å²) in [6, 6.07) is 3.56. The van der Waals surface area contributed by atoms with Crippen LogP contribution in [-0.4, -0.2) is 23.7 Å². The third-order valence-corrected chi connectivity index (χ3v) is 4.70. The van der Waals surface area contributed by atoms with Crippen LogP contribution in [0.3, 0.4) is 0 Å². The summed E-state index contributed by atoms with van der Waals surface area (Å²) in [4.78, 5) is 24.2. The molecule has 1 N–H and O–H groups in total. The quantitative estimate of drug-likeness (QED) is 0.355. The van der Waals surface area contributed by atoms with Gasteiger partial charge in [0.2, 0.25) is 0 Å². The zero-order chi connectivity index (χ0) is 19.4. The molecule has 0 atom stereocenters. The van der Waals surface area contributed by atoms with E-state index in [0.29, 0.717) is 6.42 Å². The van der Waals surface area contributed by atoms with Crippen LogP contribution < -0.4 is 0 Å². The molecule has 1 aromatic rings. The van der Waals surface area contributed by atoms with E-state index in [4.69, 9.17) is 4.74 Å². The van der Waals surface area contributed by atoms with Crippen molar-refractivity contribution in [3.63, 3.8) is 0 Å². The van der Waals surface area contributed by atoms with Gasteiger partial charge in [0, 0.05) is 0 Å². The van der Waals surface area contributed by atoms with Gasteiger partial charge in [-0.3, -0.25) is 0 Å². The van der Waals surface area contributed by atoms with Crippen molar-refractivity contribution in [3.05, 3.63) is 34.4 Å². The molecule has 0 radical (unpaired) electrons. The first-order valence-corrected chi connectivity index (χ1v) is 10.1. The van der Waals surface area contributed by atoms with Crippen LogP contribution in [0.2, 0.25) is 0 Å². The van der Waals surface area contributed by atoms with Crippen molar-refractivity contribution in [3.8, 4) is 0 Å². The average molecular weight is 363 g/mol. The summed E-state index contributed by atoms with van der Waals surface area (Å²) in [5.74, 6) is -1.58. The van der Waals surface area contributed by atoms with E-state index in [1.807, 2.05) is 6.07 Å². The van der Waals surface area contributed by atoms with Gasteiger partial charge in [-0.2, -0.15) is 0 Å². The molecule has 0 spiro atoms. The van der Waals surface area contributed by atoms with E-state index in [0.717, 1.165) is 56.1 Å². The van der Waals surface area contributed by atoms with Gasteiger partial charge < -0.3 is 9.84 Å². The molecule has 4 heteroatoms. The Morgan fingerprint density at radius 2 is 1.50 bits per heavy atom. The predicted molar refractivity (Wildman–Crippen MR) is 105 cm³/mol. The SMILES string of the molecule is CCCCCCc1ccc(C(=O)OCC)c(C(=O)O)c1CCCCCC. The number of hydrogen-bond acceptors (Lipinski definition) is 3. The van der Waals surface area contributed by atoms with Gasteiger partial charge >= 0.3 is 11.9 Å². The van der Waals surface area contributed by atoms with Gasteiger partial charge in [0.25, 0.3) is 0 Å². The first-order chi connectivity index (χ1) is 12.6. The van der Waals surface area contributed by atoms with Gasteiger partial charge in [-0.1, -0.05) is 58.4 Å². The molecule has 0 aromatic heterocycles. The number of carboxylic acids is 1. The molecular formula is C22H34O4. The molecule has 0 heterocycles. The van der Waals surface area contributed by atoms with E-state index in [9.17, 15) is 14.7 Å². The summed E-state index contributed by atoms with van der Waals surface area (Å²) in [5.41, 5.74) is 2.23. The minimum absolute atomic E-state index is 0.146. The number of unbranched alkanes of at least 4 members (excludes halogenated alkanes) is 6. The molecule has 0 aliphatic carbocycles. The van der Waals surface area contributed by atoms with E-state index in [1.54, 1.807) is 13.0 Å². The number of ether oxygens (including phenoxy) is 1. The number of aryl methyl sites for hydroxylation is 1. The second kappa shape index (κ2) is 12.5. The Morgan fingerprint density at radius 1 is 0.885 bits per heavy atom. The van der Waals surface area contributed by atoms with Crippen molar-refractivity contribution in [1.29, 1.82) is 0 Å². The molecule has 4 nitrogen and oxygen atoms in total. The molecule has 0 bridgehead atoms. The third-order valence-electron chi connectivity index (χ3n) is 4.70. The molecule has 0 saturated carbocycles. The zero-order valence-corrected chi connectivity index (χ0v) is 16.6. The van der Waals surface area contributed by atoms with Crippen LogP contribution in [0.5, 0.6) is 0 Å². The Morgan fingerprint density at radius 3 is 2.04 bits per heavy atom. The smallest absolute Gasteiger partial charge is 0.339 e. The predicted octanol–water partition coefficient (Wildman–Crippen LogP) is 5.81. The van der Waals surface area contributed by atoms with Crippen molar-refractivity contribution in [2.45, 2.75) is 85.0 Å². The molecule has 26 heavy (non-hydrogen) atoms. The number of carboxylic acid groups (broad SMARTS) is 1. The van der Waals surface area contributed by atoms with Crippen molar-refractivity contribution in [1.82, 2.24) is 0 Å². The van der Waals surface area contributed by atoms with Crippen LogP contribution in [0.15, 0.2) is 12.1 Å². The van der Waals surface area contributed by atoms with E-state index >= 15 is 0 Å². The minimum Gasteiger partial charge on any atom is -0.478 e. The highest BCUT2D eigenvalue weighted by Crippen LogP contribution is 2.25. The van der Waals surface area contributed by atoms with E-state index < -0.39 is 11.9 Å². The van der Waals surface area contributed by atoms with Crippen molar-refractivity contribution in [2.24, 2.45) is 0 Å². The van der Waals surface area contributed by atoms with Crippen LogP contribution in [0.4, 0.5) is 0 Å². The Bertz CT molecular complexity index is 578. The van der Waals surface area contributed by atoms with E-state index in [1.165, 1.54) is 12.8 Å². The molecule has 1 rings (SSSR count). The number of hydrogen-bond donors (Lipinski definition) is 1. The number of carbonyl (C=O) groups excluding carboxylic acids is 1. The first-order valence-electron chi connectivity index (χ1n) is 10.1. The fraction of sp³-hybridized carbons (Fsp3) is 0.636. The Kier molecular flexibility index (Phi) is 10.7. The minimum atomic E-state index is -1.03. The van der Waals surface area contributed by atoms with Crippen molar-refractivity contribution >= 4 is 11.9 Å². The van der Waals surface area contributed by atoms with Crippen LogP contribution >= 0.6 is 0 Å². The summed E-state index contributed by atoms with van der Waals surface area (Å²) >= 11 is 0. The summed E-state index contributed by atoms with van der Waals surface area (Å²) in [6.07, 6.45) is 10.4. The summed E-state index contributed by atoms with van der Waals surface area (Å²) < 4.78 is 5.07. The number of rotatable bonds is 13. The molecular weight excluding hydrogens is 328 g/mol. The molecule has 0 aliphatic rings. The normalized spacial score (nSPS) is 10.7. The fourth-order valence-electron chi connectivity index (χ4n) is 3.30. The van der Waals surface area contributed by atoms with Crippen molar-refractivity contribution < 1.29 is 19.4 Å². The molecule has 0 saturated heterocycles. The van der Waals surface area contributed by atoms with Gasteiger partial charge in [0.15, 0.2) is 0 Å². The zero-order valence-electron chi connectivity index (χ0n) is 16.6. The second-order valence-corrected chi connectivity index (χ2v) is 6.77. The molecule has 146 valence electrons. The highest BCUT2D eigenvalue weighted by molar-refractivity contribution is 6.03. The maximum absolute atomic E-state index is 12.2. The van der Waals surface area contributed by atoms with Gasteiger partial charge in [0.1, 0.15) is 0 Å². The topological polar surface area (TPSA) is 63.6 Å². The highest BCUT2D eigenvalue weighted by Gasteiger charge is 2.23. The maximum atomic E-state index is 12.2. The first kappa shape index (κ1) is 22.2. The molecule has 0 fully saturated rings. The summed E-state index contributed by atoms with van der Waals surface area (Å²) in [6.45, 7) is 6.30. The number of aromatic carboxylic acids is 1. The Hall–Kier alpha value is -1.84. The summed E-state index contributed by atoms with van der Waals surface area (Å²) in [7, 11) is 0. The Labute approximate surface area is 158 Å². The maximum Gasteiger partial charge on any atom is 0.339 e. The van der Waals surface area contributed by atoms with Gasteiger partial charge in [-0.05, 0) is 49.8 Å². The monoisotopic (exact) mass is 362 g/mol. The summed E-state index contributed by atoms with van der Waals surface area (Å²) in [5, 5.41) is 9.79. The fourth-order valence-corrected chi connectivity index (χ4v) is 3.30. The van der Waals surface area contributed by atoms with E-state index in [2.05, 4.69) is 13.8 Å². The van der Waals surface area contributed by atoms with Crippen LogP contribution in [-0.2, 0) is 17.6 Å². The van der Waals surface area contributed by atoms with Crippen LogP contribution in [0.1, 0.15) is 104 Å². The highest BCUT2D eigenvalue weighted by atomic mass is 16.5. The van der Waals surface area contributed by atoms with Gasteiger partial charge in [0.05, 0.1) is 17.7 Å². The number of carbonyl (C=O) groups is 2. The lowest BCUT2D eigenvalue weighted by atomic mass is 9.89. The average Bonchev–Trinajstić information content (AvgIpc) is 2.62. The van der Waals surface area contributed by atoms with Crippen LogP contribution in [0, 0.1) is 0 Å². The second-order valence-electron chi connectivity index (χ2n) is 6.77. The van der Waals surface area contributed by atoms with Gasteiger partial charge in [-0.25, -0.2) is 9.59 Å². The lowest BCUT2D eigenvalue weighted by Gasteiger charge is -2.16. The number of esters is 1. The molecule has 1 aromatic carbocycles. The van der Waals surface area contributed by atoms with Crippen LogP contribution in [0.25, 0.3) is 0 Å². The molecule has 0 amide bonds. The molecule has 0 unspecified atom stereocenters. The third kappa shape index (κ3) is 6.81. The standard InChI is InChI=1S/C22H34O4/c1-4-7-9-11-13-17-15-16-19(22(25)26-6-3)20(21(23)24)18(17)14-12-10-8-5-2/h15-16H,4-14H2,1-3H3,(H,23,24).